The minimum atomic E-state index is 0.0695. The van der Waals surface area contributed by atoms with Gasteiger partial charge >= 0.3 is 0 Å². The van der Waals surface area contributed by atoms with Crippen LogP contribution in [0.2, 0.25) is 0 Å². The molecule has 2 atom stereocenters. The molecule has 94 valence electrons. The summed E-state index contributed by atoms with van der Waals surface area (Å²) < 4.78 is 5.48. The van der Waals surface area contributed by atoms with Crippen LogP contribution in [0.5, 0.6) is 0 Å². The highest BCUT2D eigenvalue weighted by atomic mass is 16.5. The average Bonchev–Trinajstić information content (AvgIpc) is 2.24. The summed E-state index contributed by atoms with van der Waals surface area (Å²) in [6.45, 7) is 6.61. The lowest BCUT2D eigenvalue weighted by Gasteiger charge is -2.54. The van der Waals surface area contributed by atoms with Crippen LogP contribution in [0, 0.1) is 5.92 Å². The van der Waals surface area contributed by atoms with Crippen molar-refractivity contribution in [3.05, 3.63) is 0 Å². The van der Waals surface area contributed by atoms with Crippen LogP contribution >= 0.6 is 0 Å². The largest absolute Gasteiger partial charge is 0.381 e. The van der Waals surface area contributed by atoms with E-state index in [9.17, 15) is 0 Å². The van der Waals surface area contributed by atoms with Crippen molar-refractivity contribution in [2.24, 2.45) is 11.7 Å². The predicted molar refractivity (Wildman–Crippen MR) is 66.4 cm³/mol. The molecule has 0 amide bonds. The Balaban J connectivity index is 1.83. The van der Waals surface area contributed by atoms with E-state index in [1.165, 1.54) is 25.7 Å². The van der Waals surface area contributed by atoms with Crippen molar-refractivity contribution in [1.82, 2.24) is 4.90 Å². The van der Waals surface area contributed by atoms with Gasteiger partial charge in [-0.25, -0.2) is 0 Å². The highest BCUT2D eigenvalue weighted by Crippen LogP contribution is 2.33. The molecule has 1 saturated heterocycles. The number of hydrogen-bond donors (Lipinski definition) is 1. The molecule has 3 heteroatoms. The maximum absolute atomic E-state index is 6.34. The topological polar surface area (TPSA) is 38.5 Å². The first-order valence-corrected chi connectivity index (χ1v) is 6.61. The Labute approximate surface area is 99.3 Å². The summed E-state index contributed by atoms with van der Waals surface area (Å²) in [6, 6.07) is 0.717. The monoisotopic (exact) mass is 226 g/mol. The summed E-state index contributed by atoms with van der Waals surface area (Å²) in [6.07, 6.45) is 5.54. The highest BCUT2D eigenvalue weighted by molar-refractivity contribution is 5.04. The summed E-state index contributed by atoms with van der Waals surface area (Å²) in [5.74, 6) is 0.588. The predicted octanol–water partition coefficient (Wildman–Crippen LogP) is 1.61. The Bertz CT molecular complexity index is 236. The Morgan fingerprint density at radius 2 is 2.00 bits per heavy atom. The maximum atomic E-state index is 6.34. The number of hydrogen-bond acceptors (Lipinski definition) is 3. The highest BCUT2D eigenvalue weighted by Gasteiger charge is 2.45. The number of methoxy groups -OCH3 is 1. The molecule has 2 unspecified atom stereocenters. The maximum Gasteiger partial charge on any atom is 0.0586 e. The lowest BCUT2D eigenvalue weighted by molar-refractivity contribution is -0.0387. The molecule has 0 bridgehead atoms. The zero-order valence-corrected chi connectivity index (χ0v) is 10.9. The minimum absolute atomic E-state index is 0.0695. The van der Waals surface area contributed by atoms with Gasteiger partial charge in [-0.15, -0.1) is 0 Å². The number of rotatable bonds is 3. The first kappa shape index (κ1) is 12.3. The number of nitrogens with zero attached hydrogens (tertiary/aromatic N) is 1. The Kier molecular flexibility index (Phi) is 3.57. The summed E-state index contributed by atoms with van der Waals surface area (Å²) in [5, 5.41) is 0. The SMILES string of the molecule is COC1CCCC(N2CC(N)(C(C)C)C2)C1. The zero-order chi connectivity index (χ0) is 11.8. The van der Waals surface area contributed by atoms with Gasteiger partial charge in [0.2, 0.25) is 0 Å². The van der Waals surface area contributed by atoms with Gasteiger partial charge in [0, 0.05) is 31.8 Å². The molecule has 1 saturated carbocycles. The molecule has 16 heavy (non-hydrogen) atoms. The molecule has 0 spiro atoms. The van der Waals surface area contributed by atoms with E-state index in [0.29, 0.717) is 18.1 Å². The first-order chi connectivity index (χ1) is 7.55. The van der Waals surface area contributed by atoms with Gasteiger partial charge in [-0.2, -0.15) is 0 Å². The van der Waals surface area contributed by atoms with Gasteiger partial charge in [-0.1, -0.05) is 13.8 Å². The molecule has 0 radical (unpaired) electrons. The molecule has 1 aliphatic carbocycles. The van der Waals surface area contributed by atoms with E-state index in [1.54, 1.807) is 0 Å². The van der Waals surface area contributed by atoms with Crippen molar-refractivity contribution < 1.29 is 4.74 Å². The standard InChI is InChI=1S/C13H26N2O/c1-10(2)13(14)8-15(9-13)11-5-4-6-12(7-11)16-3/h10-12H,4-9,14H2,1-3H3. The Hall–Kier alpha value is -0.120. The lowest BCUT2D eigenvalue weighted by Crippen LogP contribution is -2.72. The number of ether oxygens (including phenoxy) is 1. The minimum Gasteiger partial charge on any atom is -0.381 e. The van der Waals surface area contributed by atoms with E-state index in [2.05, 4.69) is 18.7 Å². The Morgan fingerprint density at radius 3 is 2.56 bits per heavy atom. The van der Waals surface area contributed by atoms with Gasteiger partial charge in [0.15, 0.2) is 0 Å². The van der Waals surface area contributed by atoms with Crippen molar-refractivity contribution in [3.8, 4) is 0 Å². The quantitative estimate of drug-likeness (QED) is 0.794. The van der Waals surface area contributed by atoms with E-state index in [4.69, 9.17) is 10.5 Å². The van der Waals surface area contributed by atoms with Crippen molar-refractivity contribution in [2.45, 2.75) is 57.2 Å². The van der Waals surface area contributed by atoms with Crippen LogP contribution in [0.1, 0.15) is 39.5 Å². The van der Waals surface area contributed by atoms with Crippen LogP contribution in [0.4, 0.5) is 0 Å². The summed E-state index contributed by atoms with van der Waals surface area (Å²) in [5.41, 5.74) is 6.41. The smallest absolute Gasteiger partial charge is 0.0586 e. The van der Waals surface area contributed by atoms with Gasteiger partial charge in [0.1, 0.15) is 0 Å². The molecule has 2 N–H and O–H groups in total. The first-order valence-electron chi connectivity index (χ1n) is 6.61. The van der Waals surface area contributed by atoms with Crippen molar-refractivity contribution >= 4 is 0 Å². The third-order valence-electron chi connectivity index (χ3n) is 4.59. The van der Waals surface area contributed by atoms with E-state index in [0.717, 1.165) is 13.1 Å². The van der Waals surface area contributed by atoms with Gasteiger partial charge in [0.05, 0.1) is 6.10 Å². The second-order valence-corrected chi connectivity index (χ2v) is 5.97. The molecule has 0 aromatic carbocycles. The van der Waals surface area contributed by atoms with E-state index in [1.807, 2.05) is 7.11 Å². The molecule has 0 aromatic rings. The third kappa shape index (κ3) is 2.27. The van der Waals surface area contributed by atoms with Crippen LogP contribution < -0.4 is 5.73 Å². The van der Waals surface area contributed by atoms with Crippen LogP contribution in [-0.4, -0.2) is 42.8 Å². The molecule has 1 heterocycles. The molecule has 0 aromatic heterocycles. The molecular formula is C13H26N2O. The van der Waals surface area contributed by atoms with Gasteiger partial charge in [-0.05, 0) is 31.6 Å². The summed E-state index contributed by atoms with van der Waals surface area (Å²) in [7, 11) is 1.84. The van der Waals surface area contributed by atoms with Crippen LogP contribution in [0.3, 0.4) is 0 Å². The van der Waals surface area contributed by atoms with Crippen molar-refractivity contribution in [3.63, 3.8) is 0 Å². The van der Waals surface area contributed by atoms with Gasteiger partial charge in [-0.3, -0.25) is 4.90 Å². The van der Waals surface area contributed by atoms with E-state index >= 15 is 0 Å². The fraction of sp³-hybridized carbons (Fsp3) is 1.00. The lowest BCUT2D eigenvalue weighted by atomic mass is 9.77. The van der Waals surface area contributed by atoms with Crippen molar-refractivity contribution in [2.75, 3.05) is 20.2 Å². The molecule has 3 nitrogen and oxygen atoms in total. The van der Waals surface area contributed by atoms with Crippen LogP contribution in [-0.2, 0) is 4.74 Å². The third-order valence-corrected chi connectivity index (χ3v) is 4.59. The zero-order valence-electron chi connectivity index (χ0n) is 10.9. The Morgan fingerprint density at radius 1 is 1.31 bits per heavy atom. The molecular weight excluding hydrogens is 200 g/mol. The van der Waals surface area contributed by atoms with Crippen molar-refractivity contribution in [1.29, 1.82) is 0 Å². The van der Waals surface area contributed by atoms with Gasteiger partial charge in [0.25, 0.3) is 0 Å². The van der Waals surface area contributed by atoms with Gasteiger partial charge < -0.3 is 10.5 Å². The molecule has 2 aliphatic rings. The van der Waals surface area contributed by atoms with E-state index in [-0.39, 0.29) is 5.54 Å². The summed E-state index contributed by atoms with van der Waals surface area (Å²) >= 11 is 0. The average molecular weight is 226 g/mol. The second-order valence-electron chi connectivity index (χ2n) is 5.97. The van der Waals surface area contributed by atoms with Crippen LogP contribution in [0.15, 0.2) is 0 Å². The second kappa shape index (κ2) is 4.63. The molecule has 2 fully saturated rings. The normalized spacial score (nSPS) is 35.1. The van der Waals surface area contributed by atoms with Crippen LogP contribution in [0.25, 0.3) is 0 Å². The molecule has 1 aliphatic heterocycles. The summed E-state index contributed by atoms with van der Waals surface area (Å²) in [4.78, 5) is 2.56. The molecule has 2 rings (SSSR count). The van der Waals surface area contributed by atoms with E-state index < -0.39 is 0 Å². The number of likely N-dealkylation sites (tertiary alicyclic amines) is 1. The fourth-order valence-electron chi connectivity index (χ4n) is 3.00. The number of nitrogens with two attached hydrogens (primary N) is 1. The fourth-order valence-corrected chi connectivity index (χ4v) is 3.00.